The number of hydrogen-bond acceptors (Lipinski definition) is 7. The van der Waals surface area contributed by atoms with Gasteiger partial charge in [0.15, 0.2) is 11.3 Å². The van der Waals surface area contributed by atoms with Crippen molar-refractivity contribution in [2.24, 2.45) is 11.3 Å². The van der Waals surface area contributed by atoms with E-state index in [-0.39, 0.29) is 34.9 Å². The summed E-state index contributed by atoms with van der Waals surface area (Å²) >= 11 is 0. The quantitative estimate of drug-likeness (QED) is 0.482. The molecule has 10 nitrogen and oxygen atoms in total. The number of rotatable bonds is 6. The third-order valence-corrected chi connectivity index (χ3v) is 8.20. The van der Waals surface area contributed by atoms with Gasteiger partial charge in [0.25, 0.3) is 5.91 Å². The fraction of sp³-hybridized carbons (Fsp3) is 0.500. The summed E-state index contributed by atoms with van der Waals surface area (Å²) in [5.41, 5.74) is 2.98. The molecule has 3 aromatic heterocycles. The van der Waals surface area contributed by atoms with Gasteiger partial charge in [-0.1, -0.05) is 13.0 Å². The number of anilines is 2. The molecule has 1 aliphatic heterocycles. The average molecular weight is 490 g/mol. The van der Waals surface area contributed by atoms with Crippen LogP contribution in [0.15, 0.2) is 30.5 Å². The van der Waals surface area contributed by atoms with E-state index >= 15 is 0 Å². The highest BCUT2D eigenvalue weighted by molar-refractivity contribution is 5.91. The summed E-state index contributed by atoms with van der Waals surface area (Å²) < 4.78 is 1.73. The second-order valence-electron chi connectivity index (χ2n) is 10.8. The predicted octanol–water partition coefficient (Wildman–Crippen LogP) is 3.13. The number of nitrogens with zero attached hydrogens (tertiary/aromatic N) is 5. The summed E-state index contributed by atoms with van der Waals surface area (Å²) in [5.74, 6) is 0.183. The highest BCUT2D eigenvalue weighted by Gasteiger charge is 2.55. The van der Waals surface area contributed by atoms with Crippen molar-refractivity contribution in [3.8, 4) is 0 Å². The lowest BCUT2D eigenvalue weighted by molar-refractivity contribution is -0.0159. The van der Waals surface area contributed by atoms with Gasteiger partial charge in [0.05, 0.1) is 11.9 Å². The van der Waals surface area contributed by atoms with Crippen molar-refractivity contribution < 1.29 is 14.7 Å². The SMILES string of the molecule is Cc1cc(N2CCC(C)C2)cn2nc(C(=O)NC3CC4(CCC4Nc4cccc(C(=O)O)n4)C3)nc12. The number of carbonyl (C=O) groups is 2. The molecule has 188 valence electrons. The van der Waals surface area contributed by atoms with Crippen molar-refractivity contribution in [2.45, 2.75) is 58.0 Å². The van der Waals surface area contributed by atoms with E-state index in [0.717, 1.165) is 50.0 Å². The number of aromatic nitrogens is 4. The van der Waals surface area contributed by atoms with Crippen molar-refractivity contribution in [1.29, 1.82) is 0 Å². The van der Waals surface area contributed by atoms with Crippen molar-refractivity contribution in [3.63, 3.8) is 0 Å². The molecule has 1 saturated heterocycles. The Morgan fingerprint density at radius 3 is 2.72 bits per heavy atom. The lowest BCUT2D eigenvalue weighted by atomic mass is 9.51. The molecule has 2 unspecified atom stereocenters. The molecule has 3 aliphatic rings. The summed E-state index contributed by atoms with van der Waals surface area (Å²) in [5, 5.41) is 20.2. The van der Waals surface area contributed by atoms with Crippen LogP contribution in [-0.2, 0) is 0 Å². The first-order valence-electron chi connectivity index (χ1n) is 12.7. The van der Waals surface area contributed by atoms with Crippen LogP contribution >= 0.6 is 0 Å². The number of carboxylic acids is 1. The van der Waals surface area contributed by atoms with Gasteiger partial charge in [-0.3, -0.25) is 4.79 Å². The number of pyridine rings is 2. The van der Waals surface area contributed by atoms with Crippen LogP contribution in [-0.4, -0.2) is 61.7 Å². The Labute approximate surface area is 209 Å². The Bertz CT molecular complexity index is 1350. The molecule has 4 heterocycles. The number of carbonyl (C=O) groups excluding carboxylic acids is 1. The molecule has 3 fully saturated rings. The second kappa shape index (κ2) is 8.46. The number of carboxylic acid groups (broad SMARTS) is 1. The molecule has 3 N–H and O–H groups in total. The summed E-state index contributed by atoms with van der Waals surface area (Å²) in [6.45, 7) is 6.35. The molecule has 2 aliphatic carbocycles. The van der Waals surface area contributed by atoms with Crippen molar-refractivity contribution in [3.05, 3.63) is 47.5 Å². The fourth-order valence-electron chi connectivity index (χ4n) is 6.07. The minimum atomic E-state index is -1.04. The third-order valence-electron chi connectivity index (χ3n) is 8.20. The van der Waals surface area contributed by atoms with Crippen LogP contribution in [0.25, 0.3) is 5.65 Å². The van der Waals surface area contributed by atoms with Gasteiger partial charge in [-0.2, -0.15) is 0 Å². The van der Waals surface area contributed by atoms with Crippen LogP contribution in [0.1, 0.15) is 65.7 Å². The van der Waals surface area contributed by atoms with E-state index in [1.165, 1.54) is 12.5 Å². The summed E-state index contributed by atoms with van der Waals surface area (Å²) in [4.78, 5) is 35.2. The lowest BCUT2D eigenvalue weighted by Gasteiger charge is -2.59. The Kier molecular flexibility index (Phi) is 5.35. The molecule has 3 aromatic rings. The van der Waals surface area contributed by atoms with Gasteiger partial charge in [0.2, 0.25) is 5.82 Å². The molecule has 0 aromatic carbocycles. The van der Waals surface area contributed by atoms with Gasteiger partial charge in [-0.25, -0.2) is 19.3 Å². The van der Waals surface area contributed by atoms with E-state index < -0.39 is 5.97 Å². The largest absolute Gasteiger partial charge is 0.477 e. The molecule has 1 spiro atoms. The predicted molar refractivity (Wildman–Crippen MR) is 134 cm³/mol. The minimum absolute atomic E-state index is 0.0319. The Hall–Kier alpha value is -3.69. The van der Waals surface area contributed by atoms with Crippen LogP contribution in [0.3, 0.4) is 0 Å². The van der Waals surface area contributed by atoms with E-state index in [9.17, 15) is 14.7 Å². The number of aromatic carboxylic acids is 1. The minimum Gasteiger partial charge on any atom is -0.477 e. The first kappa shape index (κ1) is 22.8. The van der Waals surface area contributed by atoms with Gasteiger partial charge in [0.1, 0.15) is 5.82 Å². The van der Waals surface area contributed by atoms with Crippen LogP contribution in [0.5, 0.6) is 0 Å². The van der Waals surface area contributed by atoms with E-state index in [1.807, 2.05) is 13.1 Å². The maximum atomic E-state index is 13.0. The summed E-state index contributed by atoms with van der Waals surface area (Å²) in [6.07, 6.45) is 6.99. The molecule has 1 amide bonds. The van der Waals surface area contributed by atoms with Gasteiger partial charge in [0, 0.05) is 25.2 Å². The molecule has 36 heavy (non-hydrogen) atoms. The normalized spacial score (nSPS) is 27.1. The maximum Gasteiger partial charge on any atom is 0.354 e. The highest BCUT2D eigenvalue weighted by atomic mass is 16.4. The van der Waals surface area contributed by atoms with Crippen LogP contribution in [0.4, 0.5) is 11.5 Å². The average Bonchev–Trinajstić information content (AvgIpc) is 3.45. The van der Waals surface area contributed by atoms with Gasteiger partial charge < -0.3 is 20.6 Å². The molecule has 0 radical (unpaired) electrons. The molecule has 6 rings (SSSR count). The Morgan fingerprint density at radius 2 is 2.03 bits per heavy atom. The number of nitrogens with one attached hydrogen (secondary N) is 2. The van der Waals surface area contributed by atoms with Gasteiger partial charge in [-0.05, 0) is 74.1 Å². The Morgan fingerprint density at radius 1 is 1.19 bits per heavy atom. The monoisotopic (exact) mass is 489 g/mol. The van der Waals surface area contributed by atoms with E-state index in [1.54, 1.807) is 16.6 Å². The lowest BCUT2D eigenvalue weighted by Crippen LogP contribution is -2.62. The van der Waals surface area contributed by atoms with Gasteiger partial charge in [-0.15, -0.1) is 5.10 Å². The fourth-order valence-corrected chi connectivity index (χ4v) is 6.07. The van der Waals surface area contributed by atoms with E-state index in [0.29, 0.717) is 17.4 Å². The van der Waals surface area contributed by atoms with Crippen molar-refractivity contribution in [2.75, 3.05) is 23.3 Å². The molecule has 10 heteroatoms. The molecular formula is C26H31N7O3. The van der Waals surface area contributed by atoms with Crippen LogP contribution < -0.4 is 15.5 Å². The summed E-state index contributed by atoms with van der Waals surface area (Å²) in [6, 6.07) is 7.42. The number of aryl methyl sites for hydroxylation is 1. The standard InChI is InChI=1S/C26H31N7O3/c1-15-7-9-32(13-15)18-10-16(2)23-30-22(31-33(23)14-18)24(34)27-17-11-26(12-17)8-6-20(26)29-21-5-3-4-19(28-21)25(35)36/h3-5,10,14-15,17,20H,6-9,11-13H2,1-2H3,(H,27,34)(H,28,29)(H,35,36). The maximum absolute atomic E-state index is 13.0. The number of fused-ring (bicyclic) bond motifs is 1. The third kappa shape index (κ3) is 3.94. The number of hydrogen-bond donors (Lipinski definition) is 3. The Balaban J connectivity index is 1.09. The smallest absolute Gasteiger partial charge is 0.354 e. The van der Waals surface area contributed by atoms with Crippen LogP contribution in [0, 0.1) is 18.3 Å². The zero-order valence-corrected chi connectivity index (χ0v) is 20.6. The zero-order valence-electron chi connectivity index (χ0n) is 20.6. The molecule has 0 bridgehead atoms. The molecule has 2 saturated carbocycles. The second-order valence-corrected chi connectivity index (χ2v) is 10.8. The highest BCUT2D eigenvalue weighted by Crippen LogP contribution is 2.56. The summed E-state index contributed by atoms with van der Waals surface area (Å²) in [7, 11) is 0. The van der Waals surface area contributed by atoms with E-state index in [4.69, 9.17) is 0 Å². The topological polar surface area (TPSA) is 125 Å². The zero-order chi connectivity index (χ0) is 25.0. The van der Waals surface area contributed by atoms with Crippen LogP contribution in [0.2, 0.25) is 0 Å². The first-order chi connectivity index (χ1) is 17.3. The van der Waals surface area contributed by atoms with Crippen molar-refractivity contribution in [1.82, 2.24) is 24.9 Å². The molecular weight excluding hydrogens is 458 g/mol. The van der Waals surface area contributed by atoms with Crippen molar-refractivity contribution >= 4 is 29.0 Å². The first-order valence-corrected chi connectivity index (χ1v) is 12.7. The number of amides is 1. The molecule has 2 atom stereocenters. The van der Waals surface area contributed by atoms with Gasteiger partial charge >= 0.3 is 5.97 Å². The van der Waals surface area contributed by atoms with E-state index in [2.05, 4.69) is 43.6 Å².